The minimum absolute atomic E-state index is 0.0651. The van der Waals surface area contributed by atoms with E-state index in [0.717, 1.165) is 5.56 Å². The predicted molar refractivity (Wildman–Crippen MR) is 124 cm³/mol. The van der Waals surface area contributed by atoms with Crippen molar-refractivity contribution < 1.29 is 18.0 Å². The molecule has 1 amide bonds. The van der Waals surface area contributed by atoms with E-state index in [0.29, 0.717) is 25.1 Å². The standard InChI is InChI=1S/C24H31N3O4S/c1-18(2)13-21(26-32(30,31)17-20-11-7-4-8-12-20)24(29)25-22-15-27(16-23(22)28)14-19-9-5-3-6-10-19/h3-12,18,21-22,26H,13-17H2,1-2H3,(H,25,29)/t21-,22?/m0/s1. The van der Waals surface area contributed by atoms with E-state index in [4.69, 9.17) is 0 Å². The molecule has 2 aromatic carbocycles. The highest BCUT2D eigenvalue weighted by molar-refractivity contribution is 7.88. The maximum atomic E-state index is 13.0. The number of Topliss-reactive ketones (excluding diaryl/α,β-unsaturated/α-hetero) is 1. The van der Waals surface area contributed by atoms with Crippen LogP contribution in [0.2, 0.25) is 0 Å². The fraction of sp³-hybridized carbons (Fsp3) is 0.417. The number of amides is 1. The molecule has 172 valence electrons. The van der Waals surface area contributed by atoms with Crippen LogP contribution in [0.3, 0.4) is 0 Å². The van der Waals surface area contributed by atoms with Gasteiger partial charge < -0.3 is 5.32 Å². The largest absolute Gasteiger partial charge is 0.344 e. The predicted octanol–water partition coefficient (Wildman–Crippen LogP) is 2.09. The second-order valence-electron chi connectivity index (χ2n) is 8.73. The molecule has 0 bridgehead atoms. The number of hydrogen-bond donors (Lipinski definition) is 2. The maximum Gasteiger partial charge on any atom is 0.238 e. The van der Waals surface area contributed by atoms with E-state index in [1.54, 1.807) is 24.3 Å². The van der Waals surface area contributed by atoms with E-state index in [9.17, 15) is 18.0 Å². The lowest BCUT2D eigenvalue weighted by molar-refractivity contribution is -0.127. The number of benzene rings is 2. The molecule has 1 unspecified atom stereocenters. The van der Waals surface area contributed by atoms with Crippen LogP contribution in [0.15, 0.2) is 60.7 Å². The first kappa shape index (κ1) is 24.1. The van der Waals surface area contributed by atoms with Crippen LogP contribution in [0.25, 0.3) is 0 Å². The van der Waals surface area contributed by atoms with Crippen LogP contribution in [0.5, 0.6) is 0 Å². The lowest BCUT2D eigenvalue weighted by atomic mass is 10.0. The van der Waals surface area contributed by atoms with Crippen LogP contribution in [-0.2, 0) is 31.9 Å². The minimum atomic E-state index is -3.73. The number of ketones is 1. The molecule has 0 saturated carbocycles. The van der Waals surface area contributed by atoms with Gasteiger partial charge in [-0.1, -0.05) is 74.5 Å². The average Bonchev–Trinajstić information content (AvgIpc) is 3.06. The highest BCUT2D eigenvalue weighted by Gasteiger charge is 2.34. The summed E-state index contributed by atoms with van der Waals surface area (Å²) in [5.41, 5.74) is 1.74. The van der Waals surface area contributed by atoms with Gasteiger partial charge in [-0.05, 0) is 23.5 Å². The zero-order chi connectivity index (χ0) is 23.1. The number of carbonyl (C=O) groups is 2. The van der Waals surface area contributed by atoms with E-state index < -0.39 is 28.0 Å². The number of rotatable bonds is 10. The summed E-state index contributed by atoms with van der Waals surface area (Å²) in [6.45, 7) is 5.14. The number of sulfonamides is 1. The highest BCUT2D eigenvalue weighted by Crippen LogP contribution is 2.14. The monoisotopic (exact) mass is 457 g/mol. The molecule has 2 aromatic rings. The van der Waals surface area contributed by atoms with E-state index in [-0.39, 0.29) is 24.0 Å². The van der Waals surface area contributed by atoms with Crippen molar-refractivity contribution in [2.75, 3.05) is 13.1 Å². The summed E-state index contributed by atoms with van der Waals surface area (Å²) < 4.78 is 27.9. The van der Waals surface area contributed by atoms with Crippen LogP contribution < -0.4 is 10.0 Å². The van der Waals surface area contributed by atoms with Crippen molar-refractivity contribution in [3.63, 3.8) is 0 Å². The van der Waals surface area contributed by atoms with Crippen molar-refractivity contribution in [2.45, 2.75) is 44.6 Å². The average molecular weight is 458 g/mol. The Kier molecular flexibility index (Phi) is 8.17. The van der Waals surface area contributed by atoms with Gasteiger partial charge in [0.2, 0.25) is 15.9 Å². The molecule has 2 atom stereocenters. The molecule has 0 aromatic heterocycles. The lowest BCUT2D eigenvalue weighted by Crippen LogP contribution is -2.52. The first-order valence-electron chi connectivity index (χ1n) is 10.8. The van der Waals surface area contributed by atoms with Crippen LogP contribution in [0.4, 0.5) is 0 Å². The molecule has 1 fully saturated rings. The molecule has 8 heteroatoms. The first-order valence-corrected chi connectivity index (χ1v) is 12.5. The Morgan fingerprint density at radius 2 is 1.62 bits per heavy atom. The fourth-order valence-electron chi connectivity index (χ4n) is 3.85. The van der Waals surface area contributed by atoms with Gasteiger partial charge in [-0.25, -0.2) is 13.1 Å². The lowest BCUT2D eigenvalue weighted by Gasteiger charge is -2.22. The van der Waals surface area contributed by atoms with Crippen LogP contribution in [0.1, 0.15) is 31.4 Å². The Hall–Kier alpha value is -2.55. The van der Waals surface area contributed by atoms with Gasteiger partial charge in [0.25, 0.3) is 0 Å². The summed E-state index contributed by atoms with van der Waals surface area (Å²) in [4.78, 5) is 27.4. The first-order chi connectivity index (χ1) is 15.2. The van der Waals surface area contributed by atoms with Crippen LogP contribution in [0, 0.1) is 5.92 Å². The van der Waals surface area contributed by atoms with Gasteiger partial charge in [0.15, 0.2) is 5.78 Å². The Balaban J connectivity index is 1.62. The van der Waals surface area contributed by atoms with Gasteiger partial charge >= 0.3 is 0 Å². The van der Waals surface area contributed by atoms with Crippen molar-refractivity contribution in [3.8, 4) is 0 Å². The summed E-state index contributed by atoms with van der Waals surface area (Å²) >= 11 is 0. The number of carbonyl (C=O) groups excluding carboxylic acids is 2. The maximum absolute atomic E-state index is 13.0. The van der Waals surface area contributed by atoms with E-state index in [2.05, 4.69) is 10.0 Å². The smallest absolute Gasteiger partial charge is 0.238 e. The van der Waals surface area contributed by atoms with Gasteiger partial charge in [-0.15, -0.1) is 0 Å². The summed E-state index contributed by atoms with van der Waals surface area (Å²) in [6, 6.07) is 17.1. The fourth-order valence-corrected chi connectivity index (χ4v) is 5.20. The topological polar surface area (TPSA) is 95.6 Å². The summed E-state index contributed by atoms with van der Waals surface area (Å²) in [6.07, 6.45) is 0.342. The van der Waals surface area contributed by atoms with Crippen molar-refractivity contribution in [1.29, 1.82) is 0 Å². The third-order valence-corrected chi connectivity index (χ3v) is 6.68. The molecule has 1 aliphatic heterocycles. The Morgan fingerprint density at radius 1 is 1.03 bits per heavy atom. The minimum Gasteiger partial charge on any atom is -0.344 e. The van der Waals surface area contributed by atoms with E-state index >= 15 is 0 Å². The Labute approximate surface area is 190 Å². The Bertz CT molecular complexity index is 1010. The second-order valence-corrected chi connectivity index (χ2v) is 10.5. The van der Waals surface area contributed by atoms with Crippen molar-refractivity contribution in [2.24, 2.45) is 5.92 Å². The molecule has 0 spiro atoms. The second kappa shape index (κ2) is 10.8. The van der Waals surface area contributed by atoms with Crippen molar-refractivity contribution in [1.82, 2.24) is 14.9 Å². The molecule has 0 aliphatic carbocycles. The van der Waals surface area contributed by atoms with E-state index in [1.165, 1.54) is 0 Å². The Morgan fingerprint density at radius 3 is 2.22 bits per heavy atom. The van der Waals surface area contributed by atoms with Crippen LogP contribution >= 0.6 is 0 Å². The van der Waals surface area contributed by atoms with Gasteiger partial charge in [0.1, 0.15) is 12.1 Å². The normalized spacial score (nSPS) is 18.1. The van der Waals surface area contributed by atoms with Gasteiger partial charge in [0.05, 0.1) is 12.3 Å². The summed E-state index contributed by atoms with van der Waals surface area (Å²) in [5, 5.41) is 2.78. The van der Waals surface area contributed by atoms with Crippen LogP contribution in [-0.4, -0.2) is 50.2 Å². The SMILES string of the molecule is CC(C)C[C@H](NS(=O)(=O)Cc1ccccc1)C(=O)NC1CN(Cc2ccccc2)CC1=O. The summed E-state index contributed by atoms with van der Waals surface area (Å²) in [5.74, 6) is -0.637. The molecular formula is C24H31N3O4S. The number of nitrogens with zero attached hydrogens (tertiary/aromatic N) is 1. The molecule has 1 heterocycles. The highest BCUT2D eigenvalue weighted by atomic mass is 32.2. The third-order valence-electron chi connectivity index (χ3n) is 5.32. The van der Waals surface area contributed by atoms with Gasteiger partial charge in [0, 0.05) is 13.1 Å². The molecular weight excluding hydrogens is 426 g/mol. The zero-order valence-electron chi connectivity index (χ0n) is 18.5. The molecule has 3 rings (SSSR count). The number of likely N-dealkylation sites (tertiary alicyclic amines) is 1. The molecule has 7 nitrogen and oxygen atoms in total. The molecule has 32 heavy (non-hydrogen) atoms. The molecule has 0 radical (unpaired) electrons. The van der Waals surface area contributed by atoms with E-state index in [1.807, 2.05) is 55.1 Å². The number of nitrogens with one attached hydrogen (secondary N) is 2. The van der Waals surface area contributed by atoms with Crippen molar-refractivity contribution in [3.05, 3.63) is 71.8 Å². The molecule has 1 saturated heterocycles. The molecule has 2 N–H and O–H groups in total. The summed E-state index contributed by atoms with van der Waals surface area (Å²) in [7, 11) is -3.73. The quantitative estimate of drug-likeness (QED) is 0.570. The zero-order valence-corrected chi connectivity index (χ0v) is 19.3. The van der Waals surface area contributed by atoms with Gasteiger partial charge in [-0.3, -0.25) is 14.5 Å². The van der Waals surface area contributed by atoms with Crippen molar-refractivity contribution >= 4 is 21.7 Å². The number of hydrogen-bond acceptors (Lipinski definition) is 5. The van der Waals surface area contributed by atoms with Gasteiger partial charge in [-0.2, -0.15) is 0 Å². The molecule has 1 aliphatic rings. The third kappa shape index (κ3) is 7.25.